The van der Waals surface area contributed by atoms with Crippen molar-refractivity contribution in [3.8, 4) is 32.4 Å². The van der Waals surface area contributed by atoms with Gasteiger partial charge >= 0.3 is 12.4 Å². The van der Waals surface area contributed by atoms with Crippen molar-refractivity contribution in [2.24, 2.45) is 0 Å². The summed E-state index contributed by atoms with van der Waals surface area (Å²) in [6, 6.07) is 14.2. The van der Waals surface area contributed by atoms with Crippen LogP contribution in [-0.4, -0.2) is 9.97 Å². The monoisotopic (exact) mass is 480 g/mol. The Bertz CT molecular complexity index is 1340. The maximum Gasteiger partial charge on any atom is 0.433 e. The zero-order chi connectivity index (χ0) is 22.7. The van der Waals surface area contributed by atoms with Gasteiger partial charge in [-0.3, -0.25) is 0 Å². The second-order valence-corrected chi connectivity index (χ2v) is 8.99. The van der Waals surface area contributed by atoms with Gasteiger partial charge < -0.3 is 0 Å². The molecule has 162 valence electrons. The Balaban J connectivity index is 1.73. The van der Waals surface area contributed by atoms with Gasteiger partial charge in [-0.05, 0) is 30.3 Å². The predicted molar refractivity (Wildman–Crippen MR) is 110 cm³/mol. The van der Waals surface area contributed by atoms with Gasteiger partial charge in [0.1, 0.15) is 10.7 Å². The molecule has 1 aliphatic rings. The van der Waals surface area contributed by atoms with Gasteiger partial charge in [0.05, 0.1) is 21.8 Å². The van der Waals surface area contributed by atoms with E-state index in [4.69, 9.17) is 0 Å². The Kier molecular flexibility index (Phi) is 4.82. The van der Waals surface area contributed by atoms with Gasteiger partial charge in [-0.1, -0.05) is 42.1 Å². The zero-order valence-corrected chi connectivity index (χ0v) is 17.4. The highest BCUT2D eigenvalue weighted by Gasteiger charge is 2.34. The van der Waals surface area contributed by atoms with E-state index in [0.29, 0.717) is 21.0 Å². The molecule has 0 atom stereocenters. The summed E-state index contributed by atoms with van der Waals surface area (Å²) in [6.45, 7) is 0. The number of hydrogen-bond donors (Lipinski definition) is 0. The quantitative estimate of drug-likeness (QED) is 0.227. The first-order valence-electron chi connectivity index (χ1n) is 9.15. The Hall–Kier alpha value is -2.85. The lowest BCUT2D eigenvalue weighted by atomic mass is 10.0. The molecule has 0 saturated heterocycles. The molecule has 3 heterocycles. The van der Waals surface area contributed by atoms with E-state index in [9.17, 15) is 26.3 Å². The SMILES string of the molecule is FC(F)(F)c1ccc2c(c1)Sc1ccccc1-c1sc(-c3cccc(C(F)(F)F)n3)nc1-2. The molecule has 1 aliphatic heterocycles. The summed E-state index contributed by atoms with van der Waals surface area (Å²) in [4.78, 5) is 10.0. The summed E-state index contributed by atoms with van der Waals surface area (Å²) < 4.78 is 79.2. The molecule has 0 N–H and O–H groups in total. The van der Waals surface area contributed by atoms with Crippen molar-refractivity contribution < 1.29 is 26.3 Å². The maximum atomic E-state index is 13.3. The van der Waals surface area contributed by atoms with Crippen LogP contribution in [-0.2, 0) is 12.4 Å². The largest absolute Gasteiger partial charge is 0.433 e. The van der Waals surface area contributed by atoms with E-state index in [-0.39, 0.29) is 10.7 Å². The van der Waals surface area contributed by atoms with Crippen molar-refractivity contribution in [2.45, 2.75) is 22.1 Å². The molecule has 2 aromatic carbocycles. The molecular formula is C22H10F6N2S2. The molecule has 0 fully saturated rings. The molecule has 2 nitrogen and oxygen atoms in total. The molecule has 0 unspecified atom stereocenters. The van der Waals surface area contributed by atoms with Gasteiger partial charge in [0, 0.05) is 20.9 Å². The van der Waals surface area contributed by atoms with Gasteiger partial charge in [-0.25, -0.2) is 9.97 Å². The van der Waals surface area contributed by atoms with Crippen molar-refractivity contribution in [3.05, 3.63) is 71.9 Å². The van der Waals surface area contributed by atoms with Crippen molar-refractivity contribution in [2.75, 3.05) is 0 Å². The lowest BCUT2D eigenvalue weighted by Gasteiger charge is -2.11. The van der Waals surface area contributed by atoms with Crippen molar-refractivity contribution in [3.63, 3.8) is 0 Å². The minimum atomic E-state index is -4.60. The molecule has 0 saturated carbocycles. The number of thiazole rings is 1. The summed E-state index contributed by atoms with van der Waals surface area (Å²) in [5, 5.41) is 0.258. The molecule has 0 spiro atoms. The Morgan fingerprint density at radius 2 is 1.47 bits per heavy atom. The van der Waals surface area contributed by atoms with Crippen molar-refractivity contribution in [1.29, 1.82) is 0 Å². The van der Waals surface area contributed by atoms with Crippen LogP contribution in [0.25, 0.3) is 32.4 Å². The van der Waals surface area contributed by atoms with Gasteiger partial charge in [0.15, 0.2) is 0 Å². The number of halogens is 6. The minimum absolute atomic E-state index is 0.0523. The summed E-state index contributed by atoms with van der Waals surface area (Å²) >= 11 is 2.37. The third-order valence-electron chi connectivity index (χ3n) is 4.80. The highest BCUT2D eigenvalue weighted by molar-refractivity contribution is 7.99. The fraction of sp³-hybridized carbons (Fsp3) is 0.0909. The van der Waals surface area contributed by atoms with Gasteiger partial charge in [-0.2, -0.15) is 26.3 Å². The van der Waals surface area contributed by atoms with Crippen molar-refractivity contribution in [1.82, 2.24) is 9.97 Å². The molecule has 5 rings (SSSR count). The molecule has 0 amide bonds. The molecule has 0 bridgehead atoms. The van der Waals surface area contributed by atoms with Crippen LogP contribution in [0.3, 0.4) is 0 Å². The second-order valence-electron chi connectivity index (χ2n) is 6.91. The minimum Gasteiger partial charge on any atom is -0.241 e. The summed E-state index contributed by atoms with van der Waals surface area (Å²) in [7, 11) is 0. The van der Waals surface area contributed by atoms with E-state index >= 15 is 0 Å². The van der Waals surface area contributed by atoms with Crippen LogP contribution in [0.15, 0.2) is 70.5 Å². The molecule has 4 aromatic rings. The standard InChI is InChI=1S/C22H10F6N2S2/c23-21(24,25)11-8-9-12-16(10-11)31-15-6-2-1-4-13(15)19-18(12)30-20(32-19)14-5-3-7-17(29-14)22(26,27)28/h1-10H. The van der Waals surface area contributed by atoms with E-state index in [0.717, 1.165) is 40.0 Å². The molecular weight excluding hydrogens is 470 g/mol. The third kappa shape index (κ3) is 3.67. The highest BCUT2D eigenvalue weighted by Crippen LogP contribution is 2.51. The van der Waals surface area contributed by atoms with Crippen LogP contribution >= 0.6 is 23.1 Å². The Morgan fingerprint density at radius 3 is 2.22 bits per heavy atom. The number of rotatable bonds is 1. The first-order valence-corrected chi connectivity index (χ1v) is 10.8. The topological polar surface area (TPSA) is 25.8 Å². The number of hydrogen-bond acceptors (Lipinski definition) is 4. The average Bonchev–Trinajstić information content (AvgIpc) is 3.13. The average molecular weight is 480 g/mol. The molecule has 10 heteroatoms. The van der Waals surface area contributed by atoms with E-state index in [2.05, 4.69) is 9.97 Å². The summed E-state index contributed by atoms with van der Waals surface area (Å²) in [5.74, 6) is 0. The maximum absolute atomic E-state index is 13.3. The lowest BCUT2D eigenvalue weighted by Crippen LogP contribution is -2.07. The number of fused-ring (bicyclic) bond motifs is 5. The molecule has 0 radical (unpaired) electrons. The van der Waals surface area contributed by atoms with Crippen LogP contribution in [0.2, 0.25) is 0 Å². The normalized spacial score (nSPS) is 13.2. The third-order valence-corrected chi connectivity index (χ3v) is 7.05. The van der Waals surface area contributed by atoms with Crippen molar-refractivity contribution >= 4 is 23.1 Å². The van der Waals surface area contributed by atoms with Gasteiger partial charge in [0.2, 0.25) is 0 Å². The number of benzene rings is 2. The number of aromatic nitrogens is 2. The van der Waals surface area contributed by atoms with Crippen LogP contribution in [0.1, 0.15) is 11.3 Å². The van der Waals surface area contributed by atoms with Crippen LogP contribution < -0.4 is 0 Å². The van der Waals surface area contributed by atoms with E-state index in [1.54, 1.807) is 18.2 Å². The highest BCUT2D eigenvalue weighted by atomic mass is 32.2. The van der Waals surface area contributed by atoms with Crippen LogP contribution in [0.5, 0.6) is 0 Å². The predicted octanol–water partition coefficient (Wildman–Crippen LogP) is 8.04. The first-order chi connectivity index (χ1) is 15.1. The molecule has 0 aliphatic carbocycles. The van der Waals surface area contributed by atoms with E-state index < -0.39 is 23.6 Å². The van der Waals surface area contributed by atoms with Crippen LogP contribution in [0, 0.1) is 0 Å². The smallest absolute Gasteiger partial charge is 0.241 e. The second kappa shape index (κ2) is 7.35. The van der Waals surface area contributed by atoms with Crippen LogP contribution in [0.4, 0.5) is 26.3 Å². The van der Waals surface area contributed by atoms with Gasteiger partial charge in [0.25, 0.3) is 0 Å². The fourth-order valence-corrected chi connectivity index (χ4v) is 5.62. The number of alkyl halides is 6. The number of nitrogens with zero attached hydrogens (tertiary/aromatic N) is 2. The first kappa shape index (κ1) is 21.0. The Labute approximate surface area is 186 Å². The molecule has 32 heavy (non-hydrogen) atoms. The molecule has 2 aromatic heterocycles. The lowest BCUT2D eigenvalue weighted by molar-refractivity contribution is -0.141. The van der Waals surface area contributed by atoms with E-state index in [1.165, 1.54) is 30.0 Å². The fourth-order valence-electron chi connectivity index (χ4n) is 3.35. The summed E-state index contributed by atoms with van der Waals surface area (Å²) in [6.07, 6.45) is -9.10. The van der Waals surface area contributed by atoms with Gasteiger partial charge in [-0.15, -0.1) is 11.3 Å². The Morgan fingerprint density at radius 1 is 0.688 bits per heavy atom. The number of pyridine rings is 1. The zero-order valence-electron chi connectivity index (χ0n) is 15.8. The summed E-state index contributed by atoms with van der Waals surface area (Å²) in [5.41, 5.74) is -0.0928. The van der Waals surface area contributed by atoms with E-state index in [1.807, 2.05) is 6.07 Å².